The summed E-state index contributed by atoms with van der Waals surface area (Å²) in [5.74, 6) is 2.27. The largest absolute Gasteiger partial charge is 0.378 e. The number of nitro groups is 1. The summed E-state index contributed by atoms with van der Waals surface area (Å²) in [7, 11) is 0. The minimum Gasteiger partial charge on any atom is -0.378 e. The van der Waals surface area contributed by atoms with Crippen molar-refractivity contribution < 1.29 is 14.5 Å². The van der Waals surface area contributed by atoms with Crippen LogP contribution in [-0.2, 0) is 9.53 Å². The van der Waals surface area contributed by atoms with E-state index in [0.29, 0.717) is 13.2 Å². The number of hydrogen-bond donors (Lipinski definition) is 1. The molecule has 1 N–H and O–H groups in total. The van der Waals surface area contributed by atoms with Crippen LogP contribution in [-0.4, -0.2) is 48.2 Å². The van der Waals surface area contributed by atoms with Crippen LogP contribution in [0.15, 0.2) is 46.2 Å². The molecular formula is C28H34N4O4. The number of benzene rings is 1. The predicted molar refractivity (Wildman–Crippen MR) is 137 cm³/mol. The molecule has 7 rings (SSSR count). The molecule has 4 saturated carbocycles. The van der Waals surface area contributed by atoms with Gasteiger partial charge >= 0.3 is 0 Å². The van der Waals surface area contributed by atoms with Gasteiger partial charge in [0.25, 0.3) is 5.69 Å². The highest BCUT2D eigenvalue weighted by Crippen LogP contribution is 2.60. The van der Waals surface area contributed by atoms with Crippen LogP contribution in [0.4, 0.5) is 5.69 Å². The van der Waals surface area contributed by atoms with Crippen molar-refractivity contribution in [2.45, 2.75) is 51.4 Å². The molecule has 6 aliphatic rings. The summed E-state index contributed by atoms with van der Waals surface area (Å²) in [4.78, 5) is 26.5. The summed E-state index contributed by atoms with van der Waals surface area (Å²) in [6.45, 7) is 2.92. The Morgan fingerprint density at radius 3 is 2.47 bits per heavy atom. The number of non-ortho nitro benzene ring substituents is 1. The van der Waals surface area contributed by atoms with Gasteiger partial charge in [-0.2, -0.15) is 5.10 Å². The number of carbonyl (C=O) groups excluding carboxylic acids is 1. The number of morpholine rings is 1. The van der Waals surface area contributed by atoms with Gasteiger partial charge in [-0.1, -0.05) is 12.1 Å². The highest BCUT2D eigenvalue weighted by Gasteiger charge is 2.54. The van der Waals surface area contributed by atoms with E-state index in [1.807, 2.05) is 18.4 Å². The number of amides is 1. The Labute approximate surface area is 211 Å². The van der Waals surface area contributed by atoms with E-state index in [1.165, 1.54) is 25.3 Å². The fourth-order valence-electron chi connectivity index (χ4n) is 7.78. The van der Waals surface area contributed by atoms with Crippen molar-refractivity contribution in [1.82, 2.24) is 10.3 Å². The first-order chi connectivity index (χ1) is 17.5. The Hall–Kier alpha value is -3.00. The van der Waals surface area contributed by atoms with Gasteiger partial charge in [-0.25, -0.2) is 5.43 Å². The third kappa shape index (κ3) is 4.47. The van der Waals surface area contributed by atoms with Crippen LogP contribution in [0.5, 0.6) is 0 Å². The van der Waals surface area contributed by atoms with Crippen molar-refractivity contribution in [3.05, 3.63) is 56.8 Å². The SMILES string of the molecule is O=C(N/N=C/C1=C(N2CCOCC2)C(=C/c2cccc([N+](=O)[O-])c2)/CC1)C12CC3CC(CC(C3)C1)C2. The lowest BCUT2D eigenvalue weighted by atomic mass is 9.49. The van der Waals surface area contributed by atoms with E-state index in [2.05, 4.69) is 15.4 Å². The van der Waals surface area contributed by atoms with Gasteiger partial charge in [-0.15, -0.1) is 0 Å². The maximum atomic E-state index is 13.3. The van der Waals surface area contributed by atoms with Gasteiger partial charge < -0.3 is 9.64 Å². The van der Waals surface area contributed by atoms with Gasteiger partial charge in [0.2, 0.25) is 5.91 Å². The number of allylic oxidation sites excluding steroid dienone is 2. The molecule has 0 unspecified atom stereocenters. The van der Waals surface area contributed by atoms with Crippen molar-refractivity contribution in [3.63, 3.8) is 0 Å². The monoisotopic (exact) mass is 490 g/mol. The molecule has 5 fully saturated rings. The van der Waals surface area contributed by atoms with E-state index in [-0.39, 0.29) is 21.9 Å². The third-order valence-electron chi connectivity index (χ3n) is 8.93. The Morgan fingerprint density at radius 2 is 1.81 bits per heavy atom. The molecule has 1 heterocycles. The van der Waals surface area contributed by atoms with E-state index in [9.17, 15) is 14.9 Å². The second-order valence-corrected chi connectivity index (χ2v) is 11.4. The third-order valence-corrected chi connectivity index (χ3v) is 8.93. The molecule has 8 heteroatoms. The van der Waals surface area contributed by atoms with Crippen molar-refractivity contribution in [2.75, 3.05) is 26.3 Å². The Kier molecular flexibility index (Phi) is 6.15. The molecule has 1 aromatic rings. The first-order valence-corrected chi connectivity index (χ1v) is 13.3. The van der Waals surface area contributed by atoms with Crippen LogP contribution in [0.3, 0.4) is 0 Å². The highest BCUT2D eigenvalue weighted by molar-refractivity contribution is 5.87. The topological polar surface area (TPSA) is 97.1 Å². The minimum absolute atomic E-state index is 0.0911. The van der Waals surface area contributed by atoms with Crippen LogP contribution >= 0.6 is 0 Å². The molecule has 190 valence electrons. The molecule has 0 atom stereocenters. The summed E-state index contributed by atoms with van der Waals surface area (Å²) >= 11 is 0. The molecular weight excluding hydrogens is 456 g/mol. The Balaban J connectivity index is 1.23. The maximum absolute atomic E-state index is 13.3. The zero-order valence-electron chi connectivity index (χ0n) is 20.7. The van der Waals surface area contributed by atoms with Gasteiger partial charge in [0.15, 0.2) is 0 Å². The van der Waals surface area contributed by atoms with E-state index in [1.54, 1.807) is 12.1 Å². The predicted octanol–water partition coefficient (Wildman–Crippen LogP) is 4.68. The van der Waals surface area contributed by atoms with E-state index >= 15 is 0 Å². The highest BCUT2D eigenvalue weighted by atomic mass is 16.6. The Bertz CT molecular complexity index is 1110. The second-order valence-electron chi connectivity index (χ2n) is 11.4. The fraction of sp³-hybridized carbons (Fsp3) is 0.571. The number of nitrogens with one attached hydrogen (secondary N) is 1. The first kappa shape index (κ1) is 23.4. The van der Waals surface area contributed by atoms with E-state index < -0.39 is 0 Å². The summed E-state index contributed by atoms with van der Waals surface area (Å²) in [6, 6.07) is 6.75. The normalized spacial score (nSPS) is 32.6. The van der Waals surface area contributed by atoms with Crippen molar-refractivity contribution in [2.24, 2.45) is 28.3 Å². The van der Waals surface area contributed by atoms with Gasteiger partial charge in [-0.05, 0) is 91.9 Å². The number of hydrogen-bond acceptors (Lipinski definition) is 6. The summed E-state index contributed by atoms with van der Waals surface area (Å²) in [5.41, 5.74) is 6.99. The molecule has 1 aliphatic heterocycles. The number of rotatable bonds is 6. The van der Waals surface area contributed by atoms with Crippen molar-refractivity contribution in [1.29, 1.82) is 0 Å². The van der Waals surface area contributed by atoms with E-state index in [4.69, 9.17) is 4.74 Å². The number of nitrogens with zero attached hydrogens (tertiary/aromatic N) is 3. The van der Waals surface area contributed by atoms with Crippen molar-refractivity contribution in [3.8, 4) is 0 Å². The summed E-state index contributed by atoms with van der Waals surface area (Å²) < 4.78 is 5.57. The van der Waals surface area contributed by atoms with Crippen molar-refractivity contribution >= 4 is 23.9 Å². The molecule has 0 aromatic heterocycles. The molecule has 8 nitrogen and oxygen atoms in total. The molecule has 4 bridgehead atoms. The number of hydrazone groups is 1. The molecule has 0 spiro atoms. The number of carbonyl (C=O) groups is 1. The van der Waals surface area contributed by atoms with Crippen LogP contribution in [0.25, 0.3) is 6.08 Å². The van der Waals surface area contributed by atoms with Crippen LogP contribution < -0.4 is 5.43 Å². The first-order valence-electron chi connectivity index (χ1n) is 13.3. The second kappa shape index (κ2) is 9.47. The van der Waals surface area contributed by atoms with Crippen LogP contribution in [0.2, 0.25) is 0 Å². The van der Waals surface area contributed by atoms with Gasteiger partial charge in [0, 0.05) is 30.9 Å². The molecule has 5 aliphatic carbocycles. The maximum Gasteiger partial charge on any atom is 0.270 e. The number of ether oxygens (including phenoxy) is 1. The smallest absolute Gasteiger partial charge is 0.270 e. The molecule has 1 aromatic carbocycles. The van der Waals surface area contributed by atoms with Gasteiger partial charge in [0.05, 0.1) is 29.8 Å². The lowest BCUT2D eigenvalue weighted by Crippen LogP contribution is -2.52. The van der Waals surface area contributed by atoms with Crippen LogP contribution in [0.1, 0.15) is 56.9 Å². The average Bonchev–Trinajstić information content (AvgIpc) is 3.26. The number of nitro benzene ring substituents is 1. The summed E-state index contributed by atoms with van der Waals surface area (Å²) in [5, 5.41) is 15.7. The minimum atomic E-state index is -0.361. The quantitative estimate of drug-likeness (QED) is 0.355. The fourth-order valence-corrected chi connectivity index (χ4v) is 7.78. The lowest BCUT2D eigenvalue weighted by Gasteiger charge is -2.55. The lowest BCUT2D eigenvalue weighted by molar-refractivity contribution is -0.384. The summed E-state index contributed by atoms with van der Waals surface area (Å²) in [6.07, 6.45) is 12.5. The van der Waals surface area contributed by atoms with E-state index in [0.717, 1.165) is 85.4 Å². The van der Waals surface area contributed by atoms with Gasteiger partial charge in [-0.3, -0.25) is 14.9 Å². The molecule has 0 radical (unpaired) electrons. The van der Waals surface area contributed by atoms with Gasteiger partial charge in [0.1, 0.15) is 0 Å². The molecule has 1 saturated heterocycles. The standard InChI is InChI=1S/C28H34N4O4/c33-27(28-15-20-10-21(16-28)12-22(11-20)17-28)30-29-18-24-5-4-23(26(24)31-6-8-36-9-7-31)13-19-2-1-3-25(14-19)32(34)35/h1-3,13-14,18,20-22H,4-12,15-17H2,(H,30,33)/b23-13+,29-18+. The molecule has 36 heavy (non-hydrogen) atoms. The van der Waals surface area contributed by atoms with Crippen LogP contribution in [0, 0.1) is 33.3 Å². The average molecular weight is 491 g/mol. The zero-order valence-corrected chi connectivity index (χ0v) is 20.7. The zero-order chi connectivity index (χ0) is 24.7. The molecule has 1 amide bonds. The Morgan fingerprint density at radius 1 is 1.11 bits per heavy atom.